The Kier molecular flexibility index (Phi) is 4.15. The van der Waals surface area contributed by atoms with Gasteiger partial charge in [0.25, 0.3) is 0 Å². The zero-order valence-corrected chi connectivity index (χ0v) is 10.5. The smallest absolute Gasteiger partial charge is 0.109 e. The molecule has 1 aliphatic rings. The summed E-state index contributed by atoms with van der Waals surface area (Å²) >= 11 is 0. The summed E-state index contributed by atoms with van der Waals surface area (Å²) in [7, 11) is 2.04. The van der Waals surface area contributed by atoms with E-state index in [0.717, 1.165) is 31.6 Å². The molecule has 0 spiro atoms. The van der Waals surface area contributed by atoms with Gasteiger partial charge < -0.3 is 14.7 Å². The summed E-state index contributed by atoms with van der Waals surface area (Å²) in [6.45, 7) is 5.37. The van der Waals surface area contributed by atoms with Crippen LogP contribution in [-0.2, 0) is 11.3 Å². The summed E-state index contributed by atoms with van der Waals surface area (Å²) in [5.74, 6) is 0. The summed E-state index contributed by atoms with van der Waals surface area (Å²) < 4.78 is 7.47. The lowest BCUT2D eigenvalue weighted by Gasteiger charge is -2.32. The van der Waals surface area contributed by atoms with Gasteiger partial charge in [-0.15, -0.1) is 0 Å². The predicted molar refractivity (Wildman–Crippen MR) is 64.7 cm³/mol. The lowest BCUT2D eigenvalue weighted by Crippen LogP contribution is -2.42. The van der Waals surface area contributed by atoms with E-state index in [1.807, 2.05) is 17.9 Å². The SMILES string of the molecule is CCCn1cc(C(O)C2CN(C)CCO2)cn1. The number of hydrogen-bond acceptors (Lipinski definition) is 4. The number of nitrogens with zero attached hydrogens (tertiary/aromatic N) is 3. The molecule has 5 heteroatoms. The molecule has 0 aliphatic carbocycles. The van der Waals surface area contributed by atoms with E-state index >= 15 is 0 Å². The van der Waals surface area contributed by atoms with E-state index in [1.54, 1.807) is 6.20 Å². The Bertz CT molecular complexity index is 353. The van der Waals surface area contributed by atoms with Crippen molar-refractivity contribution in [1.82, 2.24) is 14.7 Å². The molecule has 1 N–H and O–H groups in total. The van der Waals surface area contributed by atoms with E-state index < -0.39 is 6.10 Å². The molecule has 2 heterocycles. The first-order valence-electron chi connectivity index (χ1n) is 6.21. The van der Waals surface area contributed by atoms with E-state index in [9.17, 15) is 5.11 Å². The van der Waals surface area contributed by atoms with Gasteiger partial charge in [0.05, 0.1) is 12.8 Å². The number of aliphatic hydroxyl groups excluding tert-OH is 1. The van der Waals surface area contributed by atoms with Crippen molar-refractivity contribution in [3.8, 4) is 0 Å². The Hall–Kier alpha value is -0.910. The van der Waals surface area contributed by atoms with E-state index in [4.69, 9.17) is 4.74 Å². The number of aromatic nitrogens is 2. The second-order valence-electron chi connectivity index (χ2n) is 4.65. The van der Waals surface area contributed by atoms with Gasteiger partial charge in [0, 0.05) is 31.4 Å². The highest BCUT2D eigenvalue weighted by molar-refractivity contribution is 5.10. The molecule has 0 saturated carbocycles. The van der Waals surface area contributed by atoms with Gasteiger partial charge in [-0.2, -0.15) is 5.10 Å². The van der Waals surface area contributed by atoms with E-state index in [-0.39, 0.29) is 6.10 Å². The summed E-state index contributed by atoms with van der Waals surface area (Å²) in [5, 5.41) is 14.5. The molecule has 0 bridgehead atoms. The maximum absolute atomic E-state index is 10.2. The molecule has 0 radical (unpaired) electrons. The third kappa shape index (κ3) is 3.06. The monoisotopic (exact) mass is 239 g/mol. The number of aryl methyl sites for hydroxylation is 1. The number of aliphatic hydroxyl groups is 1. The van der Waals surface area contributed by atoms with Crippen LogP contribution in [0, 0.1) is 0 Å². The first kappa shape index (κ1) is 12.5. The standard InChI is InChI=1S/C12H21N3O2/c1-3-4-15-8-10(7-13-15)12(16)11-9-14(2)5-6-17-11/h7-8,11-12,16H,3-6,9H2,1-2H3. The van der Waals surface area contributed by atoms with Gasteiger partial charge in [0.1, 0.15) is 12.2 Å². The molecule has 5 nitrogen and oxygen atoms in total. The minimum Gasteiger partial charge on any atom is -0.386 e. The molecule has 1 aliphatic heterocycles. The fraction of sp³-hybridized carbons (Fsp3) is 0.750. The van der Waals surface area contributed by atoms with Crippen LogP contribution < -0.4 is 0 Å². The van der Waals surface area contributed by atoms with E-state index in [2.05, 4.69) is 16.9 Å². The largest absolute Gasteiger partial charge is 0.386 e. The second kappa shape index (κ2) is 5.62. The fourth-order valence-corrected chi connectivity index (χ4v) is 2.10. The van der Waals surface area contributed by atoms with Crippen molar-refractivity contribution < 1.29 is 9.84 Å². The first-order chi connectivity index (χ1) is 8.20. The number of hydrogen-bond donors (Lipinski definition) is 1. The molecule has 2 atom stereocenters. The highest BCUT2D eigenvalue weighted by atomic mass is 16.5. The quantitative estimate of drug-likeness (QED) is 0.838. The fourth-order valence-electron chi connectivity index (χ4n) is 2.10. The summed E-state index contributed by atoms with van der Waals surface area (Å²) in [5.41, 5.74) is 0.846. The average Bonchev–Trinajstić information content (AvgIpc) is 2.77. The van der Waals surface area contributed by atoms with Crippen molar-refractivity contribution in [3.05, 3.63) is 18.0 Å². The second-order valence-corrected chi connectivity index (χ2v) is 4.65. The predicted octanol–water partition coefficient (Wildman–Crippen LogP) is 0.657. The van der Waals surface area contributed by atoms with Gasteiger partial charge in [-0.25, -0.2) is 0 Å². The van der Waals surface area contributed by atoms with Crippen LogP contribution in [-0.4, -0.2) is 52.6 Å². The molecule has 2 rings (SSSR count). The number of morpholine rings is 1. The van der Waals surface area contributed by atoms with Crippen LogP contribution in [0.25, 0.3) is 0 Å². The Morgan fingerprint density at radius 2 is 2.47 bits per heavy atom. The third-order valence-electron chi connectivity index (χ3n) is 3.10. The molecule has 0 amide bonds. The molecular weight excluding hydrogens is 218 g/mol. The lowest BCUT2D eigenvalue weighted by atomic mass is 10.1. The highest BCUT2D eigenvalue weighted by Crippen LogP contribution is 2.21. The average molecular weight is 239 g/mol. The highest BCUT2D eigenvalue weighted by Gasteiger charge is 2.27. The van der Waals surface area contributed by atoms with E-state index in [0.29, 0.717) is 6.61 Å². The minimum atomic E-state index is -0.580. The zero-order valence-electron chi connectivity index (χ0n) is 10.5. The van der Waals surface area contributed by atoms with Crippen LogP contribution in [0.3, 0.4) is 0 Å². The van der Waals surface area contributed by atoms with Crippen LogP contribution >= 0.6 is 0 Å². The number of rotatable bonds is 4. The Labute approximate surface area is 102 Å². The van der Waals surface area contributed by atoms with Crippen LogP contribution in [0.2, 0.25) is 0 Å². The molecular formula is C12H21N3O2. The Morgan fingerprint density at radius 3 is 3.18 bits per heavy atom. The van der Waals surface area contributed by atoms with Gasteiger partial charge in [-0.1, -0.05) is 6.92 Å². The molecule has 96 valence electrons. The van der Waals surface area contributed by atoms with Crippen LogP contribution in [0.15, 0.2) is 12.4 Å². The van der Waals surface area contributed by atoms with Gasteiger partial charge in [0.2, 0.25) is 0 Å². The summed E-state index contributed by atoms with van der Waals surface area (Å²) in [4.78, 5) is 2.17. The molecule has 1 aromatic heterocycles. The maximum atomic E-state index is 10.2. The van der Waals surface area contributed by atoms with E-state index in [1.165, 1.54) is 0 Å². The van der Waals surface area contributed by atoms with Crippen LogP contribution in [0.4, 0.5) is 0 Å². The third-order valence-corrected chi connectivity index (χ3v) is 3.10. The molecule has 2 unspecified atom stereocenters. The Morgan fingerprint density at radius 1 is 1.65 bits per heavy atom. The molecule has 1 fully saturated rings. The first-order valence-corrected chi connectivity index (χ1v) is 6.21. The topological polar surface area (TPSA) is 50.5 Å². The van der Waals surface area contributed by atoms with Gasteiger partial charge in [0.15, 0.2) is 0 Å². The van der Waals surface area contributed by atoms with Crippen molar-refractivity contribution >= 4 is 0 Å². The number of likely N-dealkylation sites (N-methyl/N-ethyl adjacent to an activating group) is 1. The molecule has 17 heavy (non-hydrogen) atoms. The molecule has 1 aromatic rings. The van der Waals surface area contributed by atoms with Crippen LogP contribution in [0.5, 0.6) is 0 Å². The van der Waals surface area contributed by atoms with Crippen molar-refractivity contribution in [3.63, 3.8) is 0 Å². The van der Waals surface area contributed by atoms with Crippen molar-refractivity contribution in [2.24, 2.45) is 0 Å². The summed E-state index contributed by atoms with van der Waals surface area (Å²) in [6, 6.07) is 0. The molecule has 1 saturated heterocycles. The molecule has 0 aromatic carbocycles. The van der Waals surface area contributed by atoms with Gasteiger partial charge in [-0.05, 0) is 13.5 Å². The zero-order chi connectivity index (χ0) is 12.3. The summed E-state index contributed by atoms with van der Waals surface area (Å²) in [6.07, 6.45) is 3.96. The van der Waals surface area contributed by atoms with Crippen molar-refractivity contribution in [2.45, 2.75) is 32.1 Å². The van der Waals surface area contributed by atoms with Gasteiger partial charge in [-0.3, -0.25) is 4.68 Å². The number of ether oxygens (including phenoxy) is 1. The lowest BCUT2D eigenvalue weighted by molar-refractivity contribution is -0.0844. The van der Waals surface area contributed by atoms with Crippen LogP contribution in [0.1, 0.15) is 25.0 Å². The maximum Gasteiger partial charge on any atom is 0.109 e. The van der Waals surface area contributed by atoms with Gasteiger partial charge >= 0.3 is 0 Å². The minimum absolute atomic E-state index is 0.145. The normalized spacial score (nSPS) is 23.8. The van der Waals surface area contributed by atoms with Crippen molar-refractivity contribution in [2.75, 3.05) is 26.7 Å². The van der Waals surface area contributed by atoms with Crippen molar-refractivity contribution in [1.29, 1.82) is 0 Å². The Balaban J connectivity index is 1.99.